The summed E-state index contributed by atoms with van der Waals surface area (Å²) in [7, 11) is 0. The summed E-state index contributed by atoms with van der Waals surface area (Å²) in [6.45, 7) is 0. The predicted molar refractivity (Wildman–Crippen MR) is 154 cm³/mol. The van der Waals surface area contributed by atoms with Crippen molar-refractivity contribution in [3.8, 4) is 22.3 Å². The maximum Gasteiger partial charge on any atom is 0.0985 e. The van der Waals surface area contributed by atoms with Crippen molar-refractivity contribution < 1.29 is 0 Å². The molecule has 37 heavy (non-hydrogen) atoms. The van der Waals surface area contributed by atoms with Crippen molar-refractivity contribution >= 4 is 49.6 Å². The van der Waals surface area contributed by atoms with Gasteiger partial charge in [-0.05, 0) is 70.1 Å². The molecule has 0 fully saturated rings. The lowest BCUT2D eigenvalue weighted by Gasteiger charge is -2.28. The van der Waals surface area contributed by atoms with Crippen LogP contribution >= 0.6 is 0 Å². The van der Waals surface area contributed by atoms with E-state index in [-0.39, 0.29) is 0 Å². The Kier molecular flexibility index (Phi) is 4.23. The predicted octanol–water partition coefficient (Wildman–Crippen LogP) is 9.05. The Morgan fingerprint density at radius 1 is 0.459 bits per heavy atom. The van der Waals surface area contributed by atoms with Crippen LogP contribution in [0.4, 0.5) is 17.1 Å². The van der Waals surface area contributed by atoms with Gasteiger partial charge in [-0.25, -0.2) is 0 Å². The van der Waals surface area contributed by atoms with Gasteiger partial charge in [0.2, 0.25) is 0 Å². The second kappa shape index (κ2) is 7.74. The molecule has 2 heterocycles. The first-order valence-electron chi connectivity index (χ1n) is 12.5. The van der Waals surface area contributed by atoms with Crippen LogP contribution < -0.4 is 4.90 Å². The van der Waals surface area contributed by atoms with Crippen molar-refractivity contribution in [2.75, 3.05) is 4.90 Å². The Labute approximate surface area is 214 Å². The summed E-state index contributed by atoms with van der Waals surface area (Å²) in [4.78, 5) is 11.8. The molecule has 1 aliphatic rings. The maximum atomic E-state index is 4.78. The van der Waals surface area contributed by atoms with Crippen LogP contribution in [0.1, 0.15) is 0 Å². The molecule has 0 unspecified atom stereocenters. The van der Waals surface area contributed by atoms with E-state index in [1.165, 1.54) is 33.0 Å². The quantitative estimate of drug-likeness (QED) is 0.241. The molecule has 2 aromatic heterocycles. The smallest absolute Gasteiger partial charge is 0.0985 e. The largest absolute Gasteiger partial charge is 0.309 e. The molecule has 0 N–H and O–H groups in total. The summed E-state index contributed by atoms with van der Waals surface area (Å²) in [6, 6.07) is 41.1. The van der Waals surface area contributed by atoms with Crippen molar-refractivity contribution in [3.05, 3.63) is 128 Å². The van der Waals surface area contributed by atoms with Crippen LogP contribution in [0.2, 0.25) is 0 Å². The number of nitrogens with zero attached hydrogens (tertiary/aromatic N) is 3. The molecule has 0 radical (unpaired) electrons. The van der Waals surface area contributed by atoms with Gasteiger partial charge < -0.3 is 4.90 Å². The highest BCUT2D eigenvalue weighted by Crippen LogP contribution is 2.51. The third kappa shape index (κ3) is 2.88. The lowest BCUT2D eigenvalue weighted by molar-refractivity contribution is 1.30. The molecule has 0 amide bonds. The standard InChI is InChI=1S/C34H21N3/c1-2-10-23(11-3-1)37(31-21-22-9-7-19-35-33(22)34-29(31)16-8-20-36-34)30-18-17-27-25-13-5-4-12-24(25)26-14-6-15-28(30)32(26)27/h1-21H. The van der Waals surface area contributed by atoms with Crippen LogP contribution in [-0.2, 0) is 0 Å². The van der Waals surface area contributed by atoms with Gasteiger partial charge in [0.15, 0.2) is 0 Å². The third-order valence-electron chi connectivity index (χ3n) is 7.46. The topological polar surface area (TPSA) is 29.0 Å². The Morgan fingerprint density at radius 2 is 1.14 bits per heavy atom. The number of anilines is 3. The molecular weight excluding hydrogens is 450 g/mol. The molecule has 7 aromatic rings. The molecule has 0 spiro atoms. The van der Waals surface area contributed by atoms with E-state index in [1.54, 1.807) is 0 Å². The van der Waals surface area contributed by atoms with Crippen molar-refractivity contribution in [1.82, 2.24) is 9.97 Å². The summed E-state index contributed by atoms with van der Waals surface area (Å²) < 4.78 is 0. The number of rotatable bonds is 3. The summed E-state index contributed by atoms with van der Waals surface area (Å²) in [5, 5.41) is 4.69. The molecule has 1 aliphatic carbocycles. The fourth-order valence-electron chi connectivity index (χ4n) is 5.92. The van der Waals surface area contributed by atoms with Gasteiger partial charge >= 0.3 is 0 Å². The SMILES string of the molecule is c1ccc(N(c2ccc3c4c(cccc24)-c2ccccc2-3)c2cc3cccnc3c3ncccc23)cc1. The molecule has 0 saturated heterocycles. The summed E-state index contributed by atoms with van der Waals surface area (Å²) >= 11 is 0. The lowest BCUT2D eigenvalue weighted by atomic mass is 9.99. The fourth-order valence-corrected chi connectivity index (χ4v) is 5.92. The molecule has 0 bridgehead atoms. The highest BCUT2D eigenvalue weighted by Gasteiger charge is 2.25. The summed E-state index contributed by atoms with van der Waals surface area (Å²) in [5.41, 5.74) is 10.4. The van der Waals surface area contributed by atoms with Gasteiger partial charge in [-0.2, -0.15) is 0 Å². The van der Waals surface area contributed by atoms with Crippen LogP contribution in [0.15, 0.2) is 128 Å². The lowest BCUT2D eigenvalue weighted by Crippen LogP contribution is -2.11. The van der Waals surface area contributed by atoms with E-state index in [0.717, 1.165) is 38.9 Å². The molecule has 8 rings (SSSR count). The highest BCUT2D eigenvalue weighted by atomic mass is 15.1. The Hall–Kier alpha value is -5.02. The van der Waals surface area contributed by atoms with Crippen LogP contribution in [0, 0.1) is 0 Å². The number of hydrogen-bond acceptors (Lipinski definition) is 3. The zero-order valence-electron chi connectivity index (χ0n) is 20.0. The Balaban J connectivity index is 1.49. The van der Waals surface area contributed by atoms with E-state index in [2.05, 4.69) is 113 Å². The number of para-hydroxylation sites is 1. The second-order valence-corrected chi connectivity index (χ2v) is 9.45. The van der Waals surface area contributed by atoms with Gasteiger partial charge in [0.25, 0.3) is 0 Å². The van der Waals surface area contributed by atoms with Crippen LogP contribution in [0.3, 0.4) is 0 Å². The van der Waals surface area contributed by atoms with E-state index in [0.29, 0.717) is 0 Å². The van der Waals surface area contributed by atoms with E-state index in [4.69, 9.17) is 4.98 Å². The van der Waals surface area contributed by atoms with Gasteiger partial charge in [-0.3, -0.25) is 9.97 Å². The molecule has 3 heteroatoms. The average Bonchev–Trinajstić information content (AvgIpc) is 3.30. The summed E-state index contributed by atoms with van der Waals surface area (Å²) in [5.74, 6) is 0. The minimum Gasteiger partial charge on any atom is -0.309 e. The first kappa shape index (κ1) is 20.2. The van der Waals surface area contributed by atoms with E-state index in [9.17, 15) is 0 Å². The van der Waals surface area contributed by atoms with Crippen molar-refractivity contribution in [2.45, 2.75) is 0 Å². The monoisotopic (exact) mass is 471 g/mol. The summed E-state index contributed by atoms with van der Waals surface area (Å²) in [6.07, 6.45) is 3.69. The first-order chi connectivity index (χ1) is 18.4. The van der Waals surface area contributed by atoms with Crippen molar-refractivity contribution in [3.63, 3.8) is 0 Å². The van der Waals surface area contributed by atoms with Gasteiger partial charge in [-0.1, -0.05) is 72.8 Å². The molecule has 172 valence electrons. The number of fused-ring (bicyclic) bond motifs is 6. The Bertz CT molecular complexity index is 1960. The maximum absolute atomic E-state index is 4.78. The zero-order valence-corrected chi connectivity index (χ0v) is 20.0. The third-order valence-corrected chi connectivity index (χ3v) is 7.46. The zero-order chi connectivity index (χ0) is 24.3. The number of benzene rings is 5. The van der Waals surface area contributed by atoms with Gasteiger partial charge in [0.1, 0.15) is 0 Å². The molecule has 5 aromatic carbocycles. The van der Waals surface area contributed by atoms with E-state index in [1.807, 2.05) is 24.5 Å². The minimum atomic E-state index is 0.912. The highest BCUT2D eigenvalue weighted by molar-refractivity contribution is 6.20. The fraction of sp³-hybridized carbons (Fsp3) is 0. The average molecular weight is 472 g/mol. The molecule has 0 saturated carbocycles. The minimum absolute atomic E-state index is 0.912. The van der Waals surface area contributed by atoms with Gasteiger partial charge in [-0.15, -0.1) is 0 Å². The van der Waals surface area contributed by atoms with Crippen LogP contribution in [-0.4, -0.2) is 9.97 Å². The number of hydrogen-bond donors (Lipinski definition) is 0. The molecular formula is C34H21N3. The van der Waals surface area contributed by atoms with Crippen LogP contribution in [0.5, 0.6) is 0 Å². The van der Waals surface area contributed by atoms with Gasteiger partial charge in [0, 0.05) is 34.2 Å². The molecule has 0 atom stereocenters. The van der Waals surface area contributed by atoms with E-state index < -0.39 is 0 Å². The van der Waals surface area contributed by atoms with Crippen molar-refractivity contribution in [1.29, 1.82) is 0 Å². The number of pyridine rings is 2. The normalized spacial score (nSPS) is 11.8. The van der Waals surface area contributed by atoms with Crippen LogP contribution in [0.25, 0.3) is 54.8 Å². The first-order valence-corrected chi connectivity index (χ1v) is 12.5. The molecule has 3 nitrogen and oxygen atoms in total. The van der Waals surface area contributed by atoms with Gasteiger partial charge in [0.05, 0.1) is 22.4 Å². The Morgan fingerprint density at radius 3 is 1.97 bits per heavy atom. The van der Waals surface area contributed by atoms with Crippen molar-refractivity contribution in [2.24, 2.45) is 0 Å². The number of aromatic nitrogens is 2. The molecule has 0 aliphatic heterocycles. The second-order valence-electron chi connectivity index (χ2n) is 9.45. The van der Waals surface area contributed by atoms with E-state index >= 15 is 0 Å².